The van der Waals surface area contributed by atoms with Gasteiger partial charge in [-0.05, 0) is 25.3 Å². The molecule has 0 aliphatic carbocycles. The number of rotatable bonds is 2. The Morgan fingerprint density at radius 1 is 1.26 bits per heavy atom. The van der Waals surface area contributed by atoms with E-state index < -0.39 is 6.43 Å². The van der Waals surface area contributed by atoms with Gasteiger partial charge >= 0.3 is 0 Å². The van der Waals surface area contributed by atoms with Gasteiger partial charge in [-0.2, -0.15) is 0 Å². The van der Waals surface area contributed by atoms with Crippen molar-refractivity contribution in [3.63, 3.8) is 0 Å². The van der Waals surface area contributed by atoms with Crippen LogP contribution in [0.15, 0.2) is 6.07 Å². The fraction of sp³-hybridized carbons (Fsp3) is 0.688. The number of fused-ring (bicyclic) bond motifs is 3. The third-order valence-corrected chi connectivity index (χ3v) is 5.59. The highest BCUT2D eigenvalue weighted by Crippen LogP contribution is 2.42. The number of anilines is 1. The van der Waals surface area contributed by atoms with Gasteiger partial charge in [0.15, 0.2) is 0 Å². The first kappa shape index (κ1) is 15.5. The summed E-state index contributed by atoms with van der Waals surface area (Å²) in [7, 11) is 0. The molecule has 0 radical (unpaired) electrons. The molecule has 1 N–H and O–H groups in total. The van der Waals surface area contributed by atoms with Crippen molar-refractivity contribution >= 4 is 17.3 Å². The molecule has 23 heavy (non-hydrogen) atoms. The van der Waals surface area contributed by atoms with Crippen molar-refractivity contribution < 1.29 is 8.78 Å². The maximum atomic E-state index is 13.3. The third-order valence-electron chi connectivity index (χ3n) is 5.39. The average molecular weight is 343 g/mol. The fourth-order valence-corrected chi connectivity index (χ4v) is 4.45. The molecule has 0 amide bonds. The molecule has 0 saturated carbocycles. The van der Waals surface area contributed by atoms with Gasteiger partial charge in [0.1, 0.15) is 10.8 Å². The van der Waals surface area contributed by atoms with Gasteiger partial charge in [0.2, 0.25) is 0 Å². The van der Waals surface area contributed by atoms with Gasteiger partial charge in [0.05, 0.1) is 0 Å². The van der Waals surface area contributed by atoms with Crippen LogP contribution in [-0.2, 0) is 6.42 Å². The molecule has 4 rings (SSSR count). The lowest BCUT2D eigenvalue weighted by Gasteiger charge is -2.54. The summed E-state index contributed by atoms with van der Waals surface area (Å²) in [5.41, 5.74) is 1.46. The SMILES string of the molecule is FC(F)c1nc(Cl)cc2c1CCC[C@H]1[C@H](N3CCNCC3)CN21. The number of aromatic nitrogens is 1. The smallest absolute Gasteiger partial charge is 0.280 e. The minimum atomic E-state index is -2.57. The molecule has 1 aromatic heterocycles. The standard InChI is InChI=1S/C16H21ClF2N4/c17-14-8-12-10(15(21-14)16(18)19)2-1-3-11-13(9-23(11)12)22-6-4-20-5-7-22/h8,11,13,16,20H,1-7,9H2/t11-,13+/m0/s1. The molecule has 4 heterocycles. The largest absolute Gasteiger partial charge is 0.365 e. The first-order valence-corrected chi connectivity index (χ1v) is 8.72. The summed E-state index contributed by atoms with van der Waals surface area (Å²) >= 11 is 6.01. The van der Waals surface area contributed by atoms with E-state index in [0.29, 0.717) is 24.1 Å². The van der Waals surface area contributed by atoms with Crippen LogP contribution in [0.1, 0.15) is 30.5 Å². The molecule has 0 bridgehead atoms. The normalized spacial score (nSPS) is 28.1. The van der Waals surface area contributed by atoms with Crippen LogP contribution in [0.2, 0.25) is 5.15 Å². The van der Waals surface area contributed by atoms with Gasteiger partial charge in [-0.3, -0.25) is 4.90 Å². The molecule has 1 aromatic rings. The van der Waals surface area contributed by atoms with Gasteiger partial charge in [-0.15, -0.1) is 0 Å². The van der Waals surface area contributed by atoms with Crippen LogP contribution in [0, 0.1) is 0 Å². The summed E-state index contributed by atoms with van der Waals surface area (Å²) in [6.07, 6.45) is 0.0772. The topological polar surface area (TPSA) is 31.4 Å². The Kier molecular flexibility index (Phi) is 4.15. The lowest BCUT2D eigenvalue weighted by molar-refractivity contribution is 0.106. The molecule has 2 saturated heterocycles. The van der Waals surface area contributed by atoms with Crippen LogP contribution in [0.4, 0.5) is 14.5 Å². The monoisotopic (exact) mass is 342 g/mol. The average Bonchev–Trinajstić information content (AvgIpc) is 2.65. The van der Waals surface area contributed by atoms with Crippen molar-refractivity contribution in [3.05, 3.63) is 22.5 Å². The van der Waals surface area contributed by atoms with E-state index in [2.05, 4.69) is 20.1 Å². The molecule has 0 aromatic carbocycles. The molecule has 3 aliphatic rings. The summed E-state index contributed by atoms with van der Waals surface area (Å²) in [6.45, 7) is 5.11. The van der Waals surface area contributed by atoms with E-state index in [1.807, 2.05) is 0 Å². The van der Waals surface area contributed by atoms with Crippen LogP contribution in [0.3, 0.4) is 0 Å². The molecule has 7 heteroatoms. The molecular formula is C16H21ClF2N4. The molecule has 4 nitrogen and oxygen atoms in total. The summed E-state index contributed by atoms with van der Waals surface area (Å²) in [4.78, 5) is 8.70. The van der Waals surface area contributed by atoms with E-state index in [0.717, 1.165) is 51.3 Å². The second-order valence-corrected chi connectivity index (χ2v) is 6.98. The van der Waals surface area contributed by atoms with E-state index in [4.69, 9.17) is 11.6 Å². The van der Waals surface area contributed by atoms with Crippen LogP contribution in [0.25, 0.3) is 0 Å². The Labute approximate surface area is 139 Å². The summed E-state index contributed by atoms with van der Waals surface area (Å²) in [6, 6.07) is 2.72. The number of piperazine rings is 1. The molecule has 2 fully saturated rings. The maximum Gasteiger partial charge on any atom is 0.280 e. The molecule has 3 aliphatic heterocycles. The number of pyridine rings is 1. The highest BCUT2D eigenvalue weighted by molar-refractivity contribution is 6.29. The highest BCUT2D eigenvalue weighted by atomic mass is 35.5. The number of halogens is 3. The number of hydrogen-bond donors (Lipinski definition) is 1. The predicted molar refractivity (Wildman–Crippen MR) is 86.5 cm³/mol. The number of nitrogens with zero attached hydrogens (tertiary/aromatic N) is 3. The van der Waals surface area contributed by atoms with E-state index >= 15 is 0 Å². The van der Waals surface area contributed by atoms with E-state index in [-0.39, 0.29) is 10.8 Å². The van der Waals surface area contributed by atoms with E-state index in [1.165, 1.54) is 0 Å². The Balaban J connectivity index is 1.62. The van der Waals surface area contributed by atoms with Gasteiger partial charge in [0, 0.05) is 56.1 Å². The quantitative estimate of drug-likeness (QED) is 0.837. The van der Waals surface area contributed by atoms with Gasteiger partial charge in [0.25, 0.3) is 6.43 Å². The van der Waals surface area contributed by atoms with Gasteiger partial charge < -0.3 is 10.2 Å². The third kappa shape index (κ3) is 2.71. The molecule has 2 atom stereocenters. The lowest BCUT2D eigenvalue weighted by Crippen LogP contribution is -2.68. The first-order valence-electron chi connectivity index (χ1n) is 8.34. The lowest BCUT2D eigenvalue weighted by atomic mass is 9.90. The molecule has 0 unspecified atom stereocenters. The molecule has 126 valence electrons. The zero-order valence-electron chi connectivity index (χ0n) is 12.9. The highest BCUT2D eigenvalue weighted by Gasteiger charge is 2.44. The number of alkyl halides is 2. The Morgan fingerprint density at radius 3 is 2.78 bits per heavy atom. The van der Waals surface area contributed by atoms with E-state index in [9.17, 15) is 8.78 Å². The Bertz CT molecular complexity index is 592. The van der Waals surface area contributed by atoms with Crippen LogP contribution in [0.5, 0.6) is 0 Å². The van der Waals surface area contributed by atoms with Crippen molar-refractivity contribution in [3.8, 4) is 0 Å². The maximum absolute atomic E-state index is 13.3. The zero-order valence-corrected chi connectivity index (χ0v) is 13.7. The van der Waals surface area contributed by atoms with Crippen LogP contribution >= 0.6 is 11.6 Å². The fourth-order valence-electron chi connectivity index (χ4n) is 4.25. The second-order valence-electron chi connectivity index (χ2n) is 6.59. The second kappa shape index (κ2) is 6.15. The summed E-state index contributed by atoms with van der Waals surface area (Å²) in [5.74, 6) is 0. The van der Waals surface area contributed by atoms with Crippen molar-refractivity contribution in [2.24, 2.45) is 0 Å². The van der Waals surface area contributed by atoms with Crippen LogP contribution < -0.4 is 10.2 Å². The summed E-state index contributed by atoms with van der Waals surface area (Å²) in [5, 5.41) is 3.55. The van der Waals surface area contributed by atoms with Gasteiger partial charge in [-0.1, -0.05) is 11.6 Å². The van der Waals surface area contributed by atoms with Crippen molar-refractivity contribution in [1.82, 2.24) is 15.2 Å². The Hall–Kier alpha value is -0.980. The van der Waals surface area contributed by atoms with E-state index in [1.54, 1.807) is 6.07 Å². The minimum absolute atomic E-state index is 0.126. The predicted octanol–water partition coefficient (Wildman–Crippen LogP) is 2.47. The first-order chi connectivity index (χ1) is 11.1. The van der Waals surface area contributed by atoms with Crippen LogP contribution in [-0.4, -0.2) is 54.7 Å². The Morgan fingerprint density at radius 2 is 2.04 bits per heavy atom. The number of hydrogen-bond acceptors (Lipinski definition) is 4. The van der Waals surface area contributed by atoms with Crippen molar-refractivity contribution in [1.29, 1.82) is 0 Å². The summed E-state index contributed by atoms with van der Waals surface area (Å²) < 4.78 is 26.6. The van der Waals surface area contributed by atoms with Crippen molar-refractivity contribution in [2.75, 3.05) is 37.6 Å². The zero-order chi connectivity index (χ0) is 16.0. The van der Waals surface area contributed by atoms with Gasteiger partial charge in [-0.25, -0.2) is 13.8 Å². The van der Waals surface area contributed by atoms with Crippen molar-refractivity contribution in [2.45, 2.75) is 37.8 Å². The molecule has 0 spiro atoms. The molecular weight excluding hydrogens is 322 g/mol. The number of nitrogens with one attached hydrogen (secondary N) is 1. The minimum Gasteiger partial charge on any atom is -0.365 e.